The minimum absolute atomic E-state index is 0.0999. The monoisotopic (exact) mass is 445 g/mol. The van der Waals surface area contributed by atoms with Gasteiger partial charge in [-0.2, -0.15) is 19.4 Å². The molecule has 30 heavy (non-hydrogen) atoms. The van der Waals surface area contributed by atoms with Crippen molar-refractivity contribution in [2.45, 2.75) is 24.9 Å². The highest BCUT2D eigenvalue weighted by Gasteiger charge is 2.15. The number of thioether (sulfide) groups is 1. The van der Waals surface area contributed by atoms with Gasteiger partial charge >= 0.3 is 0 Å². The minimum atomic E-state index is -0.378. The van der Waals surface area contributed by atoms with E-state index in [1.54, 1.807) is 18.2 Å². The van der Waals surface area contributed by atoms with Crippen LogP contribution in [0.2, 0.25) is 0 Å². The molecule has 1 N–H and O–H groups in total. The summed E-state index contributed by atoms with van der Waals surface area (Å²) < 4.78 is 16.5. The largest absolute Gasteiger partial charge is 0.300 e. The molecule has 13 heteroatoms. The van der Waals surface area contributed by atoms with Crippen LogP contribution in [0.4, 0.5) is 9.52 Å². The molecule has 3 aromatic heterocycles. The molecule has 0 aliphatic heterocycles. The highest BCUT2D eigenvalue weighted by molar-refractivity contribution is 7.99. The van der Waals surface area contributed by atoms with E-state index in [0.717, 1.165) is 5.01 Å². The molecule has 0 unspecified atom stereocenters. The van der Waals surface area contributed by atoms with Gasteiger partial charge in [-0.15, -0.1) is 20.4 Å². The Labute approximate surface area is 178 Å². The molecule has 3 heterocycles. The first kappa shape index (κ1) is 20.1. The molecule has 0 fully saturated rings. The van der Waals surface area contributed by atoms with Crippen LogP contribution in [0.25, 0.3) is 5.78 Å². The average molecular weight is 446 g/mol. The minimum Gasteiger partial charge on any atom is -0.300 e. The van der Waals surface area contributed by atoms with Gasteiger partial charge in [0.2, 0.25) is 16.2 Å². The van der Waals surface area contributed by atoms with Gasteiger partial charge in [-0.1, -0.05) is 55.1 Å². The summed E-state index contributed by atoms with van der Waals surface area (Å²) in [4.78, 5) is 12.2. The summed E-state index contributed by atoms with van der Waals surface area (Å²) in [5.41, 5.74) is 0.340. The third kappa shape index (κ3) is 4.36. The van der Waals surface area contributed by atoms with Crippen molar-refractivity contribution in [2.24, 2.45) is 5.10 Å². The summed E-state index contributed by atoms with van der Waals surface area (Å²) in [6.07, 6.45) is 2.81. The van der Waals surface area contributed by atoms with E-state index >= 15 is 0 Å². The first-order valence-corrected chi connectivity index (χ1v) is 10.6. The topological polar surface area (TPSA) is 115 Å². The molecule has 4 rings (SSSR count). The number of nitrogens with one attached hydrogen (secondary N) is 1. The zero-order valence-electron chi connectivity index (χ0n) is 15.9. The summed E-state index contributed by atoms with van der Waals surface area (Å²) in [6.45, 7) is 4.02. The highest BCUT2D eigenvalue weighted by atomic mass is 32.2. The number of fused-ring (bicyclic) bond motifs is 1. The van der Waals surface area contributed by atoms with Crippen molar-refractivity contribution in [2.75, 3.05) is 11.1 Å². The molecule has 0 atom stereocenters. The first-order chi connectivity index (χ1) is 14.5. The number of halogens is 1. The van der Waals surface area contributed by atoms with Gasteiger partial charge < -0.3 is 0 Å². The second kappa shape index (κ2) is 8.67. The Bertz CT molecular complexity index is 1210. The smallest absolute Gasteiger partial charge is 0.275 e. The number of aromatic nitrogens is 7. The molecular formula is C17H16FN9OS2. The predicted molar refractivity (Wildman–Crippen MR) is 112 cm³/mol. The Kier molecular flexibility index (Phi) is 5.81. The standard InChI is InChI=1S/C17H16FN9OS2/c1-10(2)14-22-23-15(30-14)21-13(28)8-29-17-25-24-16-26(9-20-27(16)17)19-7-11-5-3-4-6-12(11)18/h3-7,9-10H,8H2,1-2H3,(H,21,23,28)/b19-7-. The van der Waals surface area contributed by atoms with Crippen LogP contribution in [0.3, 0.4) is 0 Å². The third-order valence-electron chi connectivity index (χ3n) is 3.82. The maximum Gasteiger partial charge on any atom is 0.275 e. The molecule has 154 valence electrons. The quantitative estimate of drug-likeness (QED) is 0.343. The number of anilines is 1. The maximum absolute atomic E-state index is 13.7. The van der Waals surface area contributed by atoms with E-state index in [0.29, 0.717) is 21.6 Å². The number of hydrogen-bond acceptors (Lipinski definition) is 9. The van der Waals surface area contributed by atoms with Crippen LogP contribution in [-0.2, 0) is 4.79 Å². The first-order valence-electron chi connectivity index (χ1n) is 8.85. The Hall–Kier alpha value is -3.19. The van der Waals surface area contributed by atoms with E-state index < -0.39 is 0 Å². The van der Waals surface area contributed by atoms with Crippen LogP contribution in [0.15, 0.2) is 40.9 Å². The Morgan fingerprint density at radius 2 is 2.13 bits per heavy atom. The van der Waals surface area contributed by atoms with Gasteiger partial charge in [0.05, 0.1) is 12.0 Å². The second-order valence-electron chi connectivity index (χ2n) is 6.37. The number of nitrogens with zero attached hydrogens (tertiary/aromatic N) is 8. The third-order valence-corrected chi connectivity index (χ3v) is 5.88. The lowest BCUT2D eigenvalue weighted by atomic mass is 10.2. The van der Waals surface area contributed by atoms with Crippen LogP contribution in [-0.4, -0.2) is 52.6 Å². The summed E-state index contributed by atoms with van der Waals surface area (Å²) >= 11 is 2.52. The van der Waals surface area contributed by atoms with Crippen LogP contribution in [0, 0.1) is 5.82 Å². The molecule has 0 bridgehead atoms. The van der Waals surface area contributed by atoms with E-state index in [2.05, 4.69) is 35.9 Å². The van der Waals surface area contributed by atoms with Crippen molar-refractivity contribution in [1.82, 2.24) is 34.7 Å². The lowest BCUT2D eigenvalue weighted by Crippen LogP contribution is -2.14. The fraction of sp³-hybridized carbons (Fsp3) is 0.235. The van der Waals surface area contributed by atoms with Crippen LogP contribution in [0.5, 0.6) is 0 Å². The summed E-state index contributed by atoms with van der Waals surface area (Å²) in [5, 5.41) is 28.9. The summed E-state index contributed by atoms with van der Waals surface area (Å²) in [5.74, 6) is 0.0827. The molecule has 1 aromatic carbocycles. The molecule has 10 nitrogen and oxygen atoms in total. The SMILES string of the molecule is CC(C)c1nnc(NC(=O)CSc2nnc3n(/N=C\c4ccccc4F)cnn23)s1. The summed E-state index contributed by atoms with van der Waals surface area (Å²) in [6, 6.07) is 6.29. The van der Waals surface area contributed by atoms with Crippen LogP contribution >= 0.6 is 23.1 Å². The fourth-order valence-corrected chi connectivity index (χ4v) is 3.78. The van der Waals surface area contributed by atoms with Gasteiger partial charge in [-0.25, -0.2) is 4.39 Å². The molecule has 4 aromatic rings. The van der Waals surface area contributed by atoms with Gasteiger partial charge in [0, 0.05) is 11.5 Å². The van der Waals surface area contributed by atoms with E-state index in [1.165, 1.54) is 50.9 Å². The fourth-order valence-electron chi connectivity index (χ4n) is 2.33. The van der Waals surface area contributed by atoms with Gasteiger partial charge in [-0.3, -0.25) is 10.1 Å². The molecule has 1 amide bonds. The van der Waals surface area contributed by atoms with Crippen molar-refractivity contribution < 1.29 is 9.18 Å². The number of benzene rings is 1. The van der Waals surface area contributed by atoms with E-state index in [9.17, 15) is 9.18 Å². The van der Waals surface area contributed by atoms with Gasteiger partial charge in [0.25, 0.3) is 5.78 Å². The zero-order chi connectivity index (χ0) is 21.1. The number of amides is 1. The lowest BCUT2D eigenvalue weighted by molar-refractivity contribution is -0.113. The lowest BCUT2D eigenvalue weighted by Gasteiger charge is -1.99. The zero-order valence-corrected chi connectivity index (χ0v) is 17.6. The summed E-state index contributed by atoms with van der Waals surface area (Å²) in [7, 11) is 0. The van der Waals surface area contributed by atoms with E-state index in [4.69, 9.17) is 0 Å². The Morgan fingerprint density at radius 3 is 2.90 bits per heavy atom. The number of carbonyl (C=O) groups is 1. The van der Waals surface area contributed by atoms with Crippen molar-refractivity contribution in [3.63, 3.8) is 0 Å². The Balaban J connectivity index is 1.40. The second-order valence-corrected chi connectivity index (χ2v) is 8.32. The van der Waals surface area contributed by atoms with Crippen molar-refractivity contribution >= 4 is 46.1 Å². The molecule has 0 aliphatic carbocycles. The highest BCUT2D eigenvalue weighted by Crippen LogP contribution is 2.23. The van der Waals surface area contributed by atoms with Crippen LogP contribution < -0.4 is 5.32 Å². The van der Waals surface area contributed by atoms with Gasteiger partial charge in [0.1, 0.15) is 17.2 Å². The predicted octanol–water partition coefficient (Wildman–Crippen LogP) is 2.65. The molecule has 0 saturated carbocycles. The normalized spacial score (nSPS) is 11.7. The molecular weight excluding hydrogens is 429 g/mol. The number of carbonyl (C=O) groups excluding carboxylic acids is 1. The van der Waals surface area contributed by atoms with Gasteiger partial charge in [0.15, 0.2) is 0 Å². The number of hydrogen-bond donors (Lipinski definition) is 1. The molecule has 0 saturated heterocycles. The van der Waals surface area contributed by atoms with Crippen LogP contribution in [0.1, 0.15) is 30.3 Å². The van der Waals surface area contributed by atoms with Crippen molar-refractivity contribution in [1.29, 1.82) is 0 Å². The average Bonchev–Trinajstić information content (AvgIpc) is 3.43. The van der Waals surface area contributed by atoms with E-state index in [-0.39, 0.29) is 23.4 Å². The molecule has 0 aliphatic rings. The number of rotatable bonds is 7. The van der Waals surface area contributed by atoms with Crippen molar-refractivity contribution in [3.8, 4) is 0 Å². The van der Waals surface area contributed by atoms with Gasteiger partial charge in [-0.05, 0) is 6.07 Å². The van der Waals surface area contributed by atoms with E-state index in [1.807, 2.05) is 13.8 Å². The molecule has 0 spiro atoms. The Morgan fingerprint density at radius 1 is 1.30 bits per heavy atom. The maximum atomic E-state index is 13.7. The molecule has 0 radical (unpaired) electrons. The van der Waals surface area contributed by atoms with Crippen molar-refractivity contribution in [3.05, 3.63) is 47.0 Å².